The molecule has 0 spiro atoms. The zero-order chi connectivity index (χ0) is 16.2. The number of halogens is 1. The van der Waals surface area contributed by atoms with Crippen LogP contribution in [0.15, 0.2) is 36.5 Å². The van der Waals surface area contributed by atoms with E-state index in [2.05, 4.69) is 34.5 Å². The van der Waals surface area contributed by atoms with Crippen LogP contribution in [-0.4, -0.2) is 20.0 Å². The topological polar surface area (TPSA) is 58.5 Å². The molecule has 0 aliphatic heterocycles. The van der Waals surface area contributed by atoms with Gasteiger partial charge in [-0.15, -0.1) is 0 Å². The predicted octanol–water partition coefficient (Wildman–Crippen LogP) is 3.03. The van der Waals surface area contributed by atoms with E-state index >= 15 is 0 Å². The van der Waals surface area contributed by atoms with Crippen molar-refractivity contribution < 1.29 is 4.39 Å². The number of aryl methyl sites for hydroxylation is 1. The minimum absolute atomic E-state index is 0.263. The van der Waals surface area contributed by atoms with Gasteiger partial charge in [0.15, 0.2) is 0 Å². The molecule has 3 aromatic rings. The second kappa shape index (κ2) is 6.75. The second-order valence-electron chi connectivity index (χ2n) is 5.43. The number of aromatic nitrogens is 4. The van der Waals surface area contributed by atoms with E-state index in [-0.39, 0.29) is 5.82 Å². The molecule has 0 bridgehead atoms. The molecule has 0 aliphatic carbocycles. The summed E-state index contributed by atoms with van der Waals surface area (Å²) >= 11 is 0. The van der Waals surface area contributed by atoms with Crippen molar-refractivity contribution in [2.24, 2.45) is 0 Å². The molecule has 6 heteroatoms. The van der Waals surface area contributed by atoms with Crippen LogP contribution < -0.4 is 5.32 Å². The quantitative estimate of drug-likeness (QED) is 0.735. The van der Waals surface area contributed by atoms with Gasteiger partial charge >= 0.3 is 0 Å². The largest absolute Gasteiger partial charge is 0.307 e. The number of benzene rings is 1. The molecule has 5 nitrogen and oxygen atoms in total. The summed E-state index contributed by atoms with van der Waals surface area (Å²) in [5.41, 5.74) is 4.41. The van der Waals surface area contributed by atoms with Crippen LogP contribution in [0, 0.1) is 12.7 Å². The number of nitrogens with zero attached hydrogens (tertiary/aromatic N) is 3. The van der Waals surface area contributed by atoms with Gasteiger partial charge in [-0.05, 0) is 32.0 Å². The zero-order valence-corrected chi connectivity index (χ0v) is 13.3. The molecule has 0 amide bonds. The van der Waals surface area contributed by atoms with E-state index in [0.717, 1.165) is 18.8 Å². The first kappa shape index (κ1) is 15.4. The standard InChI is InChI=1S/C17H20FN5/c1-3-23-12(2)13(10-20-23)9-19-11-14-8-17(22-21-14)15-6-4-5-7-16(15)18/h4-8,10,19H,3,9,11H2,1-2H3,(H,21,22). The average Bonchev–Trinajstić information content (AvgIpc) is 3.15. The molecule has 1 aromatic carbocycles. The molecule has 2 heterocycles. The van der Waals surface area contributed by atoms with Crippen LogP contribution in [0.3, 0.4) is 0 Å². The van der Waals surface area contributed by atoms with E-state index in [1.165, 1.54) is 17.3 Å². The molecule has 0 saturated carbocycles. The van der Waals surface area contributed by atoms with E-state index in [1.54, 1.807) is 18.2 Å². The Morgan fingerprint density at radius 2 is 2.09 bits per heavy atom. The van der Waals surface area contributed by atoms with Gasteiger partial charge in [0, 0.05) is 42.1 Å². The van der Waals surface area contributed by atoms with Crippen LogP contribution in [0.25, 0.3) is 11.3 Å². The highest BCUT2D eigenvalue weighted by Crippen LogP contribution is 2.20. The summed E-state index contributed by atoms with van der Waals surface area (Å²) in [6.45, 7) is 6.39. The fraction of sp³-hybridized carbons (Fsp3) is 0.294. The first-order valence-electron chi connectivity index (χ1n) is 7.70. The van der Waals surface area contributed by atoms with E-state index < -0.39 is 0 Å². The van der Waals surface area contributed by atoms with E-state index in [4.69, 9.17) is 0 Å². The third-order valence-corrected chi connectivity index (χ3v) is 3.92. The fourth-order valence-electron chi connectivity index (χ4n) is 2.57. The summed E-state index contributed by atoms with van der Waals surface area (Å²) < 4.78 is 15.7. The molecule has 0 atom stereocenters. The SMILES string of the molecule is CCn1ncc(CNCc2cc(-c3ccccc3F)n[nH]2)c1C. The van der Waals surface area contributed by atoms with Crippen molar-refractivity contribution >= 4 is 0 Å². The first-order chi connectivity index (χ1) is 11.2. The van der Waals surface area contributed by atoms with Crippen molar-refractivity contribution in [1.82, 2.24) is 25.3 Å². The molecule has 0 unspecified atom stereocenters. The Labute approximate surface area is 134 Å². The number of rotatable bonds is 6. The maximum absolute atomic E-state index is 13.8. The van der Waals surface area contributed by atoms with Crippen molar-refractivity contribution in [3.8, 4) is 11.3 Å². The lowest BCUT2D eigenvalue weighted by atomic mass is 10.1. The van der Waals surface area contributed by atoms with Crippen molar-refractivity contribution in [2.75, 3.05) is 0 Å². The van der Waals surface area contributed by atoms with Crippen LogP contribution in [0.1, 0.15) is 23.9 Å². The zero-order valence-electron chi connectivity index (χ0n) is 13.3. The van der Waals surface area contributed by atoms with Gasteiger partial charge in [0.2, 0.25) is 0 Å². The Bertz CT molecular complexity index is 790. The lowest BCUT2D eigenvalue weighted by Gasteiger charge is -2.03. The highest BCUT2D eigenvalue weighted by Gasteiger charge is 2.09. The molecule has 3 rings (SSSR count). The fourth-order valence-corrected chi connectivity index (χ4v) is 2.57. The van der Waals surface area contributed by atoms with Gasteiger partial charge < -0.3 is 5.32 Å². The number of aromatic amines is 1. The molecule has 2 aromatic heterocycles. The molecule has 0 saturated heterocycles. The average molecular weight is 313 g/mol. The Morgan fingerprint density at radius 3 is 2.83 bits per heavy atom. The summed E-state index contributed by atoms with van der Waals surface area (Å²) in [6, 6.07) is 8.51. The van der Waals surface area contributed by atoms with Crippen LogP contribution >= 0.6 is 0 Å². The van der Waals surface area contributed by atoms with Crippen LogP contribution in [-0.2, 0) is 19.6 Å². The summed E-state index contributed by atoms with van der Waals surface area (Å²) in [5.74, 6) is -0.263. The third kappa shape index (κ3) is 3.32. The van der Waals surface area contributed by atoms with Crippen LogP contribution in [0.5, 0.6) is 0 Å². The van der Waals surface area contributed by atoms with Crippen LogP contribution in [0.4, 0.5) is 4.39 Å². The molecule has 23 heavy (non-hydrogen) atoms. The first-order valence-corrected chi connectivity index (χ1v) is 7.70. The van der Waals surface area contributed by atoms with Gasteiger partial charge in [0.25, 0.3) is 0 Å². The number of hydrogen-bond donors (Lipinski definition) is 2. The normalized spacial score (nSPS) is 11.1. The third-order valence-electron chi connectivity index (χ3n) is 3.92. The molecule has 120 valence electrons. The number of nitrogens with one attached hydrogen (secondary N) is 2. The maximum Gasteiger partial charge on any atom is 0.132 e. The molecular formula is C17H20FN5. The molecular weight excluding hydrogens is 293 g/mol. The van der Waals surface area contributed by atoms with Gasteiger partial charge in [-0.2, -0.15) is 10.2 Å². The van der Waals surface area contributed by atoms with Gasteiger partial charge in [-0.25, -0.2) is 4.39 Å². The Hall–Kier alpha value is -2.47. The molecule has 0 aliphatic rings. The molecule has 0 fully saturated rings. The smallest absolute Gasteiger partial charge is 0.132 e. The maximum atomic E-state index is 13.8. The summed E-state index contributed by atoms with van der Waals surface area (Å²) in [6.07, 6.45) is 1.89. The Morgan fingerprint density at radius 1 is 1.26 bits per heavy atom. The van der Waals surface area contributed by atoms with Crippen molar-refractivity contribution in [1.29, 1.82) is 0 Å². The summed E-state index contributed by atoms with van der Waals surface area (Å²) in [4.78, 5) is 0. The van der Waals surface area contributed by atoms with E-state index in [1.807, 2.05) is 16.9 Å². The van der Waals surface area contributed by atoms with Gasteiger partial charge in [0.1, 0.15) is 5.82 Å². The number of H-pyrrole nitrogens is 1. The van der Waals surface area contributed by atoms with E-state index in [0.29, 0.717) is 17.8 Å². The highest BCUT2D eigenvalue weighted by molar-refractivity contribution is 5.59. The van der Waals surface area contributed by atoms with Gasteiger partial charge in [0.05, 0.1) is 11.9 Å². The van der Waals surface area contributed by atoms with E-state index in [9.17, 15) is 4.39 Å². The van der Waals surface area contributed by atoms with Crippen molar-refractivity contribution in [2.45, 2.75) is 33.5 Å². The van der Waals surface area contributed by atoms with Crippen LogP contribution in [0.2, 0.25) is 0 Å². The molecule has 0 radical (unpaired) electrons. The lowest BCUT2D eigenvalue weighted by molar-refractivity contribution is 0.630. The van der Waals surface area contributed by atoms with Gasteiger partial charge in [-0.3, -0.25) is 9.78 Å². The number of hydrogen-bond acceptors (Lipinski definition) is 3. The predicted molar refractivity (Wildman–Crippen MR) is 87.2 cm³/mol. The monoisotopic (exact) mass is 313 g/mol. The lowest BCUT2D eigenvalue weighted by Crippen LogP contribution is -2.13. The summed E-state index contributed by atoms with van der Waals surface area (Å²) in [5, 5.41) is 14.8. The minimum atomic E-state index is -0.263. The summed E-state index contributed by atoms with van der Waals surface area (Å²) in [7, 11) is 0. The Balaban J connectivity index is 1.61. The Kier molecular flexibility index (Phi) is 4.52. The molecule has 2 N–H and O–H groups in total. The highest BCUT2D eigenvalue weighted by atomic mass is 19.1. The van der Waals surface area contributed by atoms with Crippen molar-refractivity contribution in [3.63, 3.8) is 0 Å². The minimum Gasteiger partial charge on any atom is -0.307 e. The second-order valence-corrected chi connectivity index (χ2v) is 5.43. The van der Waals surface area contributed by atoms with Gasteiger partial charge in [-0.1, -0.05) is 12.1 Å². The van der Waals surface area contributed by atoms with Crippen molar-refractivity contribution in [3.05, 3.63) is 59.3 Å².